The van der Waals surface area contributed by atoms with Crippen molar-refractivity contribution in [2.24, 2.45) is 0 Å². The number of nitrogens with zero attached hydrogens (tertiary/aromatic N) is 4. The van der Waals surface area contributed by atoms with Gasteiger partial charge in [-0.1, -0.05) is 29.3 Å². The molecule has 0 spiro atoms. The second-order valence-electron chi connectivity index (χ2n) is 8.40. The number of sulfonamides is 1. The summed E-state index contributed by atoms with van der Waals surface area (Å²) >= 11 is 12.8. The van der Waals surface area contributed by atoms with Gasteiger partial charge in [-0.25, -0.2) is 27.9 Å². The molecule has 1 aliphatic rings. The minimum Gasteiger partial charge on any atom is -0.478 e. The number of anilines is 1. The lowest BCUT2D eigenvalue weighted by Crippen LogP contribution is -2.40. The van der Waals surface area contributed by atoms with Crippen LogP contribution in [0.3, 0.4) is 0 Å². The van der Waals surface area contributed by atoms with E-state index in [0.29, 0.717) is 27.9 Å². The van der Waals surface area contributed by atoms with Crippen molar-refractivity contribution in [2.45, 2.75) is 23.8 Å². The Hall–Kier alpha value is -3.18. The molecule has 0 saturated carbocycles. The molecule has 0 amide bonds. The number of rotatable bonds is 7. The zero-order valence-corrected chi connectivity index (χ0v) is 21.1. The Bertz CT molecular complexity index is 1560. The molecule has 9 nitrogen and oxygen atoms in total. The van der Waals surface area contributed by atoms with Crippen molar-refractivity contribution < 1.29 is 18.3 Å². The van der Waals surface area contributed by atoms with Crippen LogP contribution in [0.4, 0.5) is 5.82 Å². The third-order valence-corrected chi connectivity index (χ3v) is 8.41. The number of halogens is 2. The Morgan fingerprint density at radius 2 is 2.03 bits per heavy atom. The number of carboxylic acid groups (broad SMARTS) is 1. The molecule has 2 aromatic carbocycles. The maximum atomic E-state index is 12.9. The number of carboxylic acids is 1. The first-order valence-corrected chi connectivity index (χ1v) is 13.4. The molecule has 12 heteroatoms. The quantitative estimate of drug-likeness (QED) is 0.354. The zero-order chi connectivity index (χ0) is 25.4. The number of imidazole rings is 1. The molecule has 1 saturated heterocycles. The summed E-state index contributed by atoms with van der Waals surface area (Å²) in [7, 11) is -3.91. The van der Waals surface area contributed by atoms with Crippen LogP contribution < -0.4 is 9.62 Å². The molecule has 2 N–H and O–H groups in total. The molecule has 0 aliphatic carbocycles. The standard InChI is InChI=1S/C24H21Cl2N5O4S/c25-19-7-6-18-20(30-10-8-27-14-30)12-21(29-23(18)22(19)26)31-9-2-4-16(31)13-28-36(34,35)17-5-1-3-15(11-17)24(32)33/h1,3,5-8,10-12,14,16,28H,2,4,9,13H2,(H,32,33)/t16-/m0/s1. The topological polar surface area (TPSA) is 117 Å². The van der Waals surface area contributed by atoms with E-state index in [-0.39, 0.29) is 23.0 Å². The monoisotopic (exact) mass is 545 g/mol. The second kappa shape index (κ2) is 9.70. The summed E-state index contributed by atoms with van der Waals surface area (Å²) in [5, 5.41) is 10.7. The fourth-order valence-electron chi connectivity index (χ4n) is 4.40. The molecule has 0 bridgehead atoms. The van der Waals surface area contributed by atoms with Crippen LogP contribution in [-0.2, 0) is 10.0 Å². The number of aromatic nitrogens is 3. The van der Waals surface area contributed by atoms with Gasteiger partial charge in [-0.3, -0.25) is 0 Å². The van der Waals surface area contributed by atoms with Gasteiger partial charge in [-0.15, -0.1) is 0 Å². The van der Waals surface area contributed by atoms with Crippen LogP contribution in [0.1, 0.15) is 23.2 Å². The Balaban J connectivity index is 1.46. The normalized spacial score (nSPS) is 16.1. The number of benzene rings is 2. The molecule has 186 valence electrons. The highest BCUT2D eigenvalue weighted by Crippen LogP contribution is 2.36. The number of hydrogen-bond donors (Lipinski definition) is 2. The molecule has 0 unspecified atom stereocenters. The Kier molecular flexibility index (Phi) is 6.60. The first kappa shape index (κ1) is 24.5. The van der Waals surface area contributed by atoms with E-state index in [9.17, 15) is 18.3 Å². The minimum atomic E-state index is -3.91. The highest BCUT2D eigenvalue weighted by atomic mass is 35.5. The Labute approximate surface area is 217 Å². The van der Waals surface area contributed by atoms with E-state index in [1.807, 2.05) is 27.8 Å². The number of hydrogen-bond acceptors (Lipinski definition) is 6. The third kappa shape index (κ3) is 4.64. The predicted molar refractivity (Wildman–Crippen MR) is 138 cm³/mol. The fraction of sp³-hybridized carbons (Fsp3) is 0.208. The van der Waals surface area contributed by atoms with Crippen molar-refractivity contribution in [1.29, 1.82) is 0 Å². The maximum Gasteiger partial charge on any atom is 0.335 e. The van der Waals surface area contributed by atoms with Crippen molar-refractivity contribution in [3.05, 3.63) is 76.8 Å². The number of nitrogens with one attached hydrogen (secondary N) is 1. The fourth-order valence-corrected chi connectivity index (χ4v) is 5.88. The van der Waals surface area contributed by atoms with Gasteiger partial charge in [0.2, 0.25) is 10.0 Å². The van der Waals surface area contributed by atoms with E-state index < -0.39 is 16.0 Å². The highest BCUT2D eigenvalue weighted by molar-refractivity contribution is 7.89. The van der Waals surface area contributed by atoms with Gasteiger partial charge in [0.05, 0.1) is 38.0 Å². The molecule has 2 aromatic heterocycles. The summed E-state index contributed by atoms with van der Waals surface area (Å²) in [5.74, 6) is -0.547. The Morgan fingerprint density at radius 1 is 1.19 bits per heavy atom. The van der Waals surface area contributed by atoms with Crippen LogP contribution in [0.25, 0.3) is 16.6 Å². The van der Waals surface area contributed by atoms with Crippen LogP contribution in [0.2, 0.25) is 10.0 Å². The average Bonchev–Trinajstić information content (AvgIpc) is 3.57. The zero-order valence-electron chi connectivity index (χ0n) is 18.8. The van der Waals surface area contributed by atoms with Gasteiger partial charge in [0, 0.05) is 43.0 Å². The molecular formula is C24H21Cl2N5O4S. The molecular weight excluding hydrogens is 525 g/mol. The van der Waals surface area contributed by atoms with Gasteiger partial charge >= 0.3 is 5.97 Å². The summed E-state index contributed by atoms with van der Waals surface area (Å²) in [6.45, 7) is 0.810. The van der Waals surface area contributed by atoms with Crippen molar-refractivity contribution >= 4 is 55.9 Å². The summed E-state index contributed by atoms with van der Waals surface area (Å²) in [5.41, 5.74) is 1.27. The van der Waals surface area contributed by atoms with Gasteiger partial charge < -0.3 is 14.6 Å². The molecule has 36 heavy (non-hydrogen) atoms. The maximum absolute atomic E-state index is 12.9. The van der Waals surface area contributed by atoms with Gasteiger partial charge in [-0.2, -0.15) is 0 Å². The summed E-state index contributed by atoms with van der Waals surface area (Å²) in [6, 6.07) is 10.6. The second-order valence-corrected chi connectivity index (χ2v) is 11.0. The van der Waals surface area contributed by atoms with E-state index in [1.54, 1.807) is 18.6 Å². The number of carbonyl (C=O) groups is 1. The summed E-state index contributed by atoms with van der Waals surface area (Å²) < 4.78 is 30.3. The van der Waals surface area contributed by atoms with Crippen LogP contribution in [-0.4, -0.2) is 53.2 Å². The summed E-state index contributed by atoms with van der Waals surface area (Å²) in [6.07, 6.45) is 6.78. The molecule has 3 heterocycles. The lowest BCUT2D eigenvalue weighted by molar-refractivity contribution is 0.0696. The SMILES string of the molecule is O=C(O)c1cccc(S(=O)(=O)NC[C@@H]2CCCN2c2cc(-n3ccnc3)c3ccc(Cl)c(Cl)c3n2)c1. The van der Waals surface area contributed by atoms with Crippen molar-refractivity contribution in [3.63, 3.8) is 0 Å². The summed E-state index contributed by atoms with van der Waals surface area (Å²) in [4.78, 5) is 22.1. The smallest absolute Gasteiger partial charge is 0.335 e. The lowest BCUT2D eigenvalue weighted by atomic mass is 10.1. The van der Waals surface area contributed by atoms with E-state index in [4.69, 9.17) is 28.2 Å². The van der Waals surface area contributed by atoms with Gasteiger partial charge in [-0.05, 0) is 43.2 Å². The lowest BCUT2D eigenvalue weighted by Gasteiger charge is -2.27. The van der Waals surface area contributed by atoms with E-state index >= 15 is 0 Å². The predicted octanol–water partition coefficient (Wildman–Crippen LogP) is 4.37. The highest BCUT2D eigenvalue weighted by Gasteiger charge is 2.29. The van der Waals surface area contributed by atoms with Crippen LogP contribution in [0.5, 0.6) is 0 Å². The van der Waals surface area contributed by atoms with Crippen LogP contribution in [0.15, 0.2) is 66.1 Å². The van der Waals surface area contributed by atoms with Gasteiger partial charge in [0.1, 0.15) is 5.82 Å². The number of aromatic carboxylic acids is 1. The number of fused-ring (bicyclic) bond motifs is 1. The van der Waals surface area contributed by atoms with Gasteiger partial charge in [0.25, 0.3) is 0 Å². The first-order chi connectivity index (χ1) is 17.2. The van der Waals surface area contributed by atoms with Crippen LogP contribution >= 0.6 is 23.2 Å². The minimum absolute atomic E-state index is 0.0942. The van der Waals surface area contributed by atoms with Crippen LogP contribution in [0, 0.1) is 0 Å². The van der Waals surface area contributed by atoms with Crippen molar-refractivity contribution in [1.82, 2.24) is 19.3 Å². The van der Waals surface area contributed by atoms with Crippen molar-refractivity contribution in [3.8, 4) is 5.69 Å². The molecule has 1 aliphatic heterocycles. The third-order valence-electron chi connectivity index (χ3n) is 6.19. The first-order valence-electron chi connectivity index (χ1n) is 11.1. The molecule has 1 fully saturated rings. The van der Waals surface area contributed by atoms with Crippen molar-refractivity contribution in [2.75, 3.05) is 18.0 Å². The Morgan fingerprint density at radius 3 is 2.78 bits per heavy atom. The largest absolute Gasteiger partial charge is 0.478 e. The average molecular weight is 546 g/mol. The molecule has 4 aromatic rings. The number of pyridine rings is 1. The van der Waals surface area contributed by atoms with Gasteiger partial charge in [0.15, 0.2) is 0 Å². The molecule has 5 rings (SSSR count). The van der Waals surface area contributed by atoms with E-state index in [2.05, 4.69) is 9.71 Å². The molecule has 0 radical (unpaired) electrons. The van der Waals surface area contributed by atoms with E-state index in [0.717, 1.165) is 30.0 Å². The molecule has 1 atom stereocenters. The van der Waals surface area contributed by atoms with E-state index in [1.165, 1.54) is 18.2 Å².